The number of halogens is 3. The molecule has 0 aliphatic rings. The second-order valence-electron chi connectivity index (χ2n) is 6.79. The summed E-state index contributed by atoms with van der Waals surface area (Å²) < 4.78 is 43.0. The molecule has 3 heterocycles. The Labute approximate surface area is 179 Å². The van der Waals surface area contributed by atoms with Crippen molar-refractivity contribution >= 4 is 28.6 Å². The van der Waals surface area contributed by atoms with Crippen LogP contribution in [0, 0.1) is 5.82 Å². The minimum atomic E-state index is -3.01. The number of nitrogens with zero attached hydrogens (tertiary/aromatic N) is 3. The van der Waals surface area contributed by atoms with Gasteiger partial charge < -0.3 is 20.4 Å². The Hall–Kier alpha value is -4.15. The first kappa shape index (κ1) is 21.1. The number of aromatic amines is 1. The zero-order valence-corrected chi connectivity index (χ0v) is 16.6. The Morgan fingerprint density at radius 2 is 1.97 bits per heavy atom. The highest BCUT2D eigenvalue weighted by Crippen LogP contribution is 2.25. The average Bonchev–Trinajstić information content (AvgIpc) is 3.23. The van der Waals surface area contributed by atoms with Crippen molar-refractivity contribution < 1.29 is 22.7 Å². The van der Waals surface area contributed by atoms with E-state index in [0.29, 0.717) is 28.2 Å². The molecule has 0 bridgehead atoms. The Balaban J connectivity index is 1.47. The van der Waals surface area contributed by atoms with Crippen LogP contribution in [0.1, 0.15) is 28.9 Å². The van der Waals surface area contributed by atoms with E-state index in [0.717, 1.165) is 12.3 Å². The van der Waals surface area contributed by atoms with E-state index in [1.807, 2.05) is 0 Å². The number of carbonyl (C=O) groups is 1. The largest absolute Gasteiger partial charge is 0.417 e. The van der Waals surface area contributed by atoms with Gasteiger partial charge in [-0.15, -0.1) is 0 Å². The summed E-state index contributed by atoms with van der Waals surface area (Å²) in [5, 5.41) is 5.72. The van der Waals surface area contributed by atoms with Gasteiger partial charge in [0.15, 0.2) is 5.65 Å². The highest BCUT2D eigenvalue weighted by Gasteiger charge is 2.15. The van der Waals surface area contributed by atoms with E-state index in [2.05, 4.69) is 35.3 Å². The van der Waals surface area contributed by atoms with Crippen molar-refractivity contribution in [3.8, 4) is 5.88 Å². The van der Waals surface area contributed by atoms with Crippen molar-refractivity contribution in [2.45, 2.75) is 19.6 Å². The summed E-state index contributed by atoms with van der Waals surface area (Å²) in [4.78, 5) is 27.7. The number of H-pyrrole nitrogens is 1. The molecule has 0 aliphatic carbocycles. The number of ether oxygens (including phenoxy) is 1. The van der Waals surface area contributed by atoms with Gasteiger partial charge >= 0.3 is 6.61 Å². The van der Waals surface area contributed by atoms with E-state index in [4.69, 9.17) is 0 Å². The lowest BCUT2D eigenvalue weighted by Crippen LogP contribution is -2.14. The molecule has 0 saturated heterocycles. The molecule has 3 aromatic heterocycles. The van der Waals surface area contributed by atoms with Crippen molar-refractivity contribution in [2.75, 3.05) is 10.6 Å². The third kappa shape index (κ3) is 4.77. The number of hydrogen-bond donors (Lipinski definition) is 3. The first-order valence-corrected chi connectivity index (χ1v) is 9.47. The fraction of sp³-hybridized carbons (Fsp3) is 0.143. The average molecular weight is 442 g/mol. The molecule has 0 radical (unpaired) electrons. The van der Waals surface area contributed by atoms with E-state index in [9.17, 15) is 18.0 Å². The van der Waals surface area contributed by atoms with Gasteiger partial charge in [0.2, 0.25) is 5.88 Å². The molecule has 0 fully saturated rings. The summed E-state index contributed by atoms with van der Waals surface area (Å²) in [5.74, 6) is -0.839. The summed E-state index contributed by atoms with van der Waals surface area (Å²) >= 11 is 0. The highest BCUT2D eigenvalue weighted by atomic mass is 19.3. The normalized spacial score (nSPS) is 12.0. The van der Waals surface area contributed by atoms with Gasteiger partial charge in [-0.25, -0.2) is 19.3 Å². The lowest BCUT2D eigenvalue weighted by Gasteiger charge is -2.17. The number of benzene rings is 1. The number of hydrogen-bond acceptors (Lipinski definition) is 6. The molecule has 0 aliphatic heterocycles. The van der Waals surface area contributed by atoms with E-state index >= 15 is 0 Å². The number of alkyl halides is 2. The number of nitrogens with one attached hydrogen (secondary N) is 3. The van der Waals surface area contributed by atoms with Crippen LogP contribution in [0.3, 0.4) is 0 Å². The third-order valence-electron chi connectivity index (χ3n) is 4.55. The monoisotopic (exact) mass is 442 g/mol. The van der Waals surface area contributed by atoms with Crippen molar-refractivity contribution in [1.29, 1.82) is 0 Å². The lowest BCUT2D eigenvalue weighted by atomic mass is 10.1. The van der Waals surface area contributed by atoms with Crippen LogP contribution in [0.25, 0.3) is 11.2 Å². The van der Waals surface area contributed by atoms with Crippen LogP contribution >= 0.6 is 0 Å². The Bertz CT molecular complexity index is 1250. The molecule has 1 atom stereocenters. The first-order valence-electron chi connectivity index (χ1n) is 9.47. The van der Waals surface area contributed by atoms with Crippen molar-refractivity contribution in [3.05, 3.63) is 71.9 Å². The molecule has 0 saturated carbocycles. The maximum absolute atomic E-state index is 14.5. The maximum atomic E-state index is 14.5. The molecule has 0 spiro atoms. The van der Waals surface area contributed by atoms with Gasteiger partial charge in [0.05, 0.1) is 17.8 Å². The molecule has 0 unspecified atom stereocenters. The summed E-state index contributed by atoms with van der Waals surface area (Å²) in [6.07, 6.45) is 4.36. The zero-order chi connectivity index (χ0) is 22.7. The predicted molar refractivity (Wildman–Crippen MR) is 111 cm³/mol. The number of anilines is 2. The van der Waals surface area contributed by atoms with Crippen LogP contribution < -0.4 is 15.4 Å². The quantitative estimate of drug-likeness (QED) is 0.389. The summed E-state index contributed by atoms with van der Waals surface area (Å²) in [7, 11) is 0. The van der Waals surface area contributed by atoms with Crippen LogP contribution in [0.5, 0.6) is 5.88 Å². The second kappa shape index (κ2) is 8.92. The fourth-order valence-electron chi connectivity index (χ4n) is 3.03. The van der Waals surface area contributed by atoms with Gasteiger partial charge in [-0.05, 0) is 37.3 Å². The molecule has 4 aromatic rings. The van der Waals surface area contributed by atoms with Gasteiger partial charge in [0, 0.05) is 29.7 Å². The van der Waals surface area contributed by atoms with E-state index in [-0.39, 0.29) is 11.4 Å². The van der Waals surface area contributed by atoms with Crippen LogP contribution in [-0.2, 0) is 0 Å². The summed E-state index contributed by atoms with van der Waals surface area (Å²) in [6, 6.07) is 7.89. The van der Waals surface area contributed by atoms with Crippen molar-refractivity contribution in [2.24, 2.45) is 0 Å². The maximum Gasteiger partial charge on any atom is 0.388 e. The van der Waals surface area contributed by atoms with Gasteiger partial charge in [-0.1, -0.05) is 0 Å². The van der Waals surface area contributed by atoms with Crippen molar-refractivity contribution in [3.63, 3.8) is 0 Å². The molecular weight excluding hydrogens is 425 g/mol. The molecule has 32 heavy (non-hydrogen) atoms. The van der Waals surface area contributed by atoms with E-state index in [1.54, 1.807) is 19.2 Å². The van der Waals surface area contributed by atoms with Crippen molar-refractivity contribution in [1.82, 2.24) is 19.9 Å². The number of amides is 1. The second-order valence-corrected chi connectivity index (χ2v) is 6.79. The SMILES string of the molecule is C[C@H](Nc1cnc2[nH]ccc2n1)c1cc(NC(=O)c2ccc(OC(F)F)nc2)ccc1F. The molecule has 8 nitrogen and oxygen atoms in total. The number of fused-ring (bicyclic) bond motifs is 1. The van der Waals surface area contributed by atoms with Crippen LogP contribution in [0.2, 0.25) is 0 Å². The Morgan fingerprint density at radius 1 is 1.12 bits per heavy atom. The van der Waals surface area contributed by atoms with E-state index in [1.165, 1.54) is 30.5 Å². The number of pyridine rings is 1. The lowest BCUT2D eigenvalue weighted by molar-refractivity contribution is -0.0528. The molecule has 3 N–H and O–H groups in total. The minimum Gasteiger partial charge on any atom is -0.417 e. The van der Waals surface area contributed by atoms with Gasteiger partial charge in [0.1, 0.15) is 17.2 Å². The molecule has 1 amide bonds. The minimum absolute atomic E-state index is 0.124. The topological polar surface area (TPSA) is 105 Å². The van der Waals surface area contributed by atoms with Crippen LogP contribution in [-0.4, -0.2) is 32.5 Å². The Kier molecular flexibility index (Phi) is 5.88. The third-order valence-corrected chi connectivity index (χ3v) is 4.55. The standard InChI is InChI=1S/C21H17F3N6O2/c1-11(28-17-10-27-19-16(30-17)6-7-25-19)14-8-13(3-4-15(14)22)29-20(31)12-2-5-18(26-9-12)32-21(23)24/h2-11,21H,1H3,(H,25,27)(H,28,30)(H,29,31)/t11-/m0/s1. The number of aromatic nitrogens is 4. The van der Waals surface area contributed by atoms with Gasteiger partial charge in [-0.2, -0.15) is 8.78 Å². The van der Waals surface area contributed by atoms with Crippen LogP contribution in [0.15, 0.2) is 55.0 Å². The molecule has 1 aromatic carbocycles. The highest BCUT2D eigenvalue weighted by molar-refractivity contribution is 6.04. The first-order chi connectivity index (χ1) is 15.4. The summed E-state index contributed by atoms with van der Waals surface area (Å²) in [5.41, 5.74) is 2.08. The Morgan fingerprint density at radius 3 is 2.72 bits per heavy atom. The molecule has 164 valence electrons. The predicted octanol–water partition coefficient (Wildman–Crippen LogP) is 4.52. The molecule has 4 rings (SSSR count). The number of rotatable bonds is 7. The summed E-state index contributed by atoms with van der Waals surface area (Å²) in [6.45, 7) is -1.26. The zero-order valence-electron chi connectivity index (χ0n) is 16.6. The van der Waals surface area contributed by atoms with Gasteiger partial charge in [-0.3, -0.25) is 4.79 Å². The number of carbonyl (C=O) groups excluding carboxylic acids is 1. The van der Waals surface area contributed by atoms with Crippen LogP contribution in [0.4, 0.5) is 24.7 Å². The molecule has 11 heteroatoms. The molecular formula is C21H17F3N6O2. The smallest absolute Gasteiger partial charge is 0.388 e. The van der Waals surface area contributed by atoms with E-state index < -0.39 is 24.4 Å². The fourth-order valence-corrected chi connectivity index (χ4v) is 3.03. The van der Waals surface area contributed by atoms with Gasteiger partial charge in [0.25, 0.3) is 5.91 Å².